The third kappa shape index (κ3) is 5.93. The summed E-state index contributed by atoms with van der Waals surface area (Å²) in [5, 5.41) is 14.9. The highest BCUT2D eigenvalue weighted by Crippen LogP contribution is 2.35. The van der Waals surface area contributed by atoms with Gasteiger partial charge in [0.15, 0.2) is 0 Å². The quantitative estimate of drug-likeness (QED) is 0.546. The molecule has 3 N–H and O–H groups in total. The van der Waals surface area contributed by atoms with E-state index in [4.69, 9.17) is 5.11 Å². The molecule has 1 saturated carbocycles. The van der Waals surface area contributed by atoms with Gasteiger partial charge in [-0.1, -0.05) is 23.8 Å². The van der Waals surface area contributed by atoms with Crippen LogP contribution in [0.25, 0.3) is 0 Å². The van der Waals surface area contributed by atoms with Gasteiger partial charge in [0, 0.05) is 43.5 Å². The van der Waals surface area contributed by atoms with Crippen LogP contribution in [0.4, 0.5) is 0 Å². The summed E-state index contributed by atoms with van der Waals surface area (Å²) < 4.78 is 1.59. The lowest BCUT2D eigenvalue weighted by atomic mass is 9.81. The van der Waals surface area contributed by atoms with E-state index in [9.17, 15) is 14.4 Å². The van der Waals surface area contributed by atoms with Crippen molar-refractivity contribution in [1.29, 1.82) is 0 Å². The minimum absolute atomic E-state index is 0.0210. The molecule has 2 heterocycles. The number of rotatable bonds is 8. The first-order valence-corrected chi connectivity index (χ1v) is 12.1. The van der Waals surface area contributed by atoms with Gasteiger partial charge < -0.3 is 20.3 Å². The zero-order chi connectivity index (χ0) is 24.1. The maximum atomic E-state index is 12.2. The summed E-state index contributed by atoms with van der Waals surface area (Å²) in [6.45, 7) is 3.88. The average Bonchev–Trinajstić information content (AvgIpc) is 2.81. The molecule has 0 unspecified atom stereocenters. The fourth-order valence-corrected chi connectivity index (χ4v) is 5.08. The SMILES string of the molecule is Cc1cccc(C(=O)NCC(=O)NC2CN(C3CCC(c4ccc(=O)n(CCO)c4)CC3)C2)c1. The van der Waals surface area contributed by atoms with E-state index in [1.165, 1.54) is 5.56 Å². The van der Waals surface area contributed by atoms with Gasteiger partial charge in [-0.05, 0) is 56.2 Å². The van der Waals surface area contributed by atoms with Crippen molar-refractivity contribution in [3.05, 3.63) is 69.6 Å². The lowest BCUT2D eigenvalue weighted by Crippen LogP contribution is -2.63. The van der Waals surface area contributed by atoms with Gasteiger partial charge >= 0.3 is 0 Å². The van der Waals surface area contributed by atoms with Crippen molar-refractivity contribution in [2.75, 3.05) is 26.2 Å². The zero-order valence-corrected chi connectivity index (χ0v) is 19.7. The van der Waals surface area contributed by atoms with E-state index in [1.807, 2.05) is 31.3 Å². The number of carbonyl (C=O) groups excluding carboxylic acids is 2. The maximum absolute atomic E-state index is 12.2. The van der Waals surface area contributed by atoms with Crippen LogP contribution in [-0.2, 0) is 11.3 Å². The number of nitrogens with zero attached hydrogens (tertiary/aromatic N) is 2. The Morgan fingerprint density at radius 2 is 1.85 bits per heavy atom. The molecule has 2 amide bonds. The van der Waals surface area contributed by atoms with Crippen LogP contribution < -0.4 is 16.2 Å². The molecule has 34 heavy (non-hydrogen) atoms. The van der Waals surface area contributed by atoms with Crippen molar-refractivity contribution in [1.82, 2.24) is 20.1 Å². The third-order valence-electron chi connectivity index (χ3n) is 7.00. The normalized spacial score (nSPS) is 21.0. The molecule has 2 fully saturated rings. The van der Waals surface area contributed by atoms with Gasteiger partial charge in [-0.2, -0.15) is 0 Å². The number of amides is 2. The Balaban J connectivity index is 1.16. The van der Waals surface area contributed by atoms with Crippen molar-refractivity contribution in [2.24, 2.45) is 0 Å². The highest BCUT2D eigenvalue weighted by atomic mass is 16.3. The highest BCUT2D eigenvalue weighted by Gasteiger charge is 2.35. The van der Waals surface area contributed by atoms with E-state index in [0.717, 1.165) is 44.3 Å². The van der Waals surface area contributed by atoms with Gasteiger partial charge in [0.1, 0.15) is 0 Å². The summed E-state index contributed by atoms with van der Waals surface area (Å²) in [5.41, 5.74) is 2.67. The first-order valence-electron chi connectivity index (χ1n) is 12.1. The maximum Gasteiger partial charge on any atom is 0.251 e. The van der Waals surface area contributed by atoms with Gasteiger partial charge in [0.05, 0.1) is 19.2 Å². The monoisotopic (exact) mass is 466 g/mol. The van der Waals surface area contributed by atoms with Crippen molar-refractivity contribution in [3.63, 3.8) is 0 Å². The van der Waals surface area contributed by atoms with Crippen molar-refractivity contribution >= 4 is 11.8 Å². The minimum Gasteiger partial charge on any atom is -0.395 e. The molecule has 1 aromatic carbocycles. The van der Waals surface area contributed by atoms with E-state index < -0.39 is 0 Å². The van der Waals surface area contributed by atoms with Crippen LogP contribution in [0.1, 0.15) is 53.1 Å². The van der Waals surface area contributed by atoms with Gasteiger partial charge in [-0.25, -0.2) is 0 Å². The molecule has 0 atom stereocenters. The smallest absolute Gasteiger partial charge is 0.251 e. The summed E-state index contributed by atoms with van der Waals surface area (Å²) in [7, 11) is 0. The molecular formula is C26H34N4O4. The van der Waals surface area contributed by atoms with Crippen molar-refractivity contribution in [2.45, 2.75) is 57.2 Å². The second-order valence-corrected chi connectivity index (χ2v) is 9.49. The molecule has 182 valence electrons. The predicted octanol–water partition coefficient (Wildman–Crippen LogP) is 1.41. The fourth-order valence-electron chi connectivity index (χ4n) is 5.08. The number of carbonyl (C=O) groups is 2. The molecular weight excluding hydrogens is 432 g/mol. The molecule has 2 aromatic rings. The molecule has 0 spiro atoms. The Morgan fingerprint density at radius 3 is 2.56 bits per heavy atom. The number of benzene rings is 1. The molecule has 1 aliphatic carbocycles. The summed E-state index contributed by atoms with van der Waals surface area (Å²) in [6, 6.07) is 11.5. The number of aryl methyl sites for hydroxylation is 1. The minimum atomic E-state index is -0.238. The number of pyridine rings is 1. The average molecular weight is 467 g/mol. The number of hydrogen-bond acceptors (Lipinski definition) is 5. The van der Waals surface area contributed by atoms with Crippen LogP contribution in [0.2, 0.25) is 0 Å². The Morgan fingerprint density at radius 1 is 1.09 bits per heavy atom. The largest absolute Gasteiger partial charge is 0.395 e. The second kappa shape index (κ2) is 11.0. The van der Waals surface area contributed by atoms with Crippen LogP contribution in [0.3, 0.4) is 0 Å². The summed E-state index contributed by atoms with van der Waals surface area (Å²) in [6.07, 6.45) is 6.23. The van der Waals surface area contributed by atoms with E-state index in [2.05, 4.69) is 15.5 Å². The predicted molar refractivity (Wildman–Crippen MR) is 130 cm³/mol. The number of nitrogens with one attached hydrogen (secondary N) is 2. The summed E-state index contributed by atoms with van der Waals surface area (Å²) in [4.78, 5) is 38.8. The summed E-state index contributed by atoms with van der Waals surface area (Å²) >= 11 is 0. The molecule has 0 bridgehead atoms. The molecule has 8 nitrogen and oxygen atoms in total. The van der Waals surface area contributed by atoms with Gasteiger partial charge in [0.25, 0.3) is 11.5 Å². The Hall–Kier alpha value is -2.97. The van der Waals surface area contributed by atoms with E-state index in [0.29, 0.717) is 24.1 Å². The van der Waals surface area contributed by atoms with E-state index in [1.54, 1.807) is 22.8 Å². The first kappa shape index (κ1) is 24.2. The Labute approximate surface area is 200 Å². The lowest BCUT2D eigenvalue weighted by Gasteiger charge is -2.46. The lowest BCUT2D eigenvalue weighted by molar-refractivity contribution is -0.122. The standard InChI is InChI=1S/C26H34N4O4/c1-18-3-2-4-20(13-18)26(34)27-14-24(32)28-22-16-30(17-22)23-8-5-19(6-9-23)21-7-10-25(33)29(15-21)11-12-31/h2-4,7,10,13,15,19,22-23,31H,5-6,8-9,11-12,14,16-17H2,1H3,(H,27,34)(H,28,32). The van der Waals surface area contributed by atoms with Gasteiger partial charge in [0.2, 0.25) is 5.91 Å². The van der Waals surface area contributed by atoms with Gasteiger partial charge in [-0.3, -0.25) is 19.3 Å². The molecule has 8 heteroatoms. The zero-order valence-electron chi connectivity index (χ0n) is 19.7. The number of likely N-dealkylation sites (tertiary alicyclic amines) is 1. The number of aliphatic hydroxyl groups is 1. The molecule has 1 aromatic heterocycles. The second-order valence-electron chi connectivity index (χ2n) is 9.49. The first-order chi connectivity index (χ1) is 16.4. The molecule has 1 aliphatic heterocycles. The van der Waals surface area contributed by atoms with Crippen LogP contribution in [0.15, 0.2) is 47.4 Å². The Kier molecular flexibility index (Phi) is 7.80. The van der Waals surface area contributed by atoms with Crippen molar-refractivity contribution in [3.8, 4) is 0 Å². The van der Waals surface area contributed by atoms with Gasteiger partial charge in [-0.15, -0.1) is 0 Å². The number of aliphatic hydroxyl groups excluding tert-OH is 1. The molecule has 2 aliphatic rings. The molecule has 0 radical (unpaired) electrons. The Bertz CT molecular complexity index is 1070. The van der Waals surface area contributed by atoms with Crippen molar-refractivity contribution < 1.29 is 14.7 Å². The van der Waals surface area contributed by atoms with E-state index in [-0.39, 0.29) is 36.6 Å². The highest BCUT2D eigenvalue weighted by molar-refractivity contribution is 5.96. The van der Waals surface area contributed by atoms with Crippen LogP contribution >= 0.6 is 0 Å². The van der Waals surface area contributed by atoms with E-state index >= 15 is 0 Å². The number of aromatic nitrogens is 1. The fraction of sp³-hybridized carbons (Fsp3) is 0.500. The summed E-state index contributed by atoms with van der Waals surface area (Å²) in [5.74, 6) is 0.0422. The van der Waals surface area contributed by atoms with Crippen LogP contribution in [0.5, 0.6) is 0 Å². The number of hydrogen-bond donors (Lipinski definition) is 3. The molecule has 4 rings (SSSR count). The van der Waals surface area contributed by atoms with Crippen LogP contribution in [0, 0.1) is 6.92 Å². The van der Waals surface area contributed by atoms with Crippen LogP contribution in [-0.4, -0.2) is 64.7 Å². The molecule has 1 saturated heterocycles. The third-order valence-corrected chi connectivity index (χ3v) is 7.00. The topological polar surface area (TPSA) is 104 Å².